The summed E-state index contributed by atoms with van der Waals surface area (Å²) in [6, 6.07) is 8.17. The first kappa shape index (κ1) is 27.4. The Hall–Kier alpha value is -1.59. The van der Waals surface area contributed by atoms with E-state index in [9.17, 15) is 4.79 Å². The van der Waals surface area contributed by atoms with E-state index in [0.29, 0.717) is 11.9 Å². The molecule has 1 saturated heterocycles. The second-order valence-electron chi connectivity index (χ2n) is 7.87. The van der Waals surface area contributed by atoms with Crippen molar-refractivity contribution >= 4 is 35.8 Å². The molecule has 1 heterocycles. The molecule has 0 saturated carbocycles. The average molecular weight is 547 g/mol. The van der Waals surface area contributed by atoms with Crippen molar-refractivity contribution in [1.82, 2.24) is 20.4 Å². The molecule has 176 valence electrons. The van der Waals surface area contributed by atoms with E-state index in [-0.39, 0.29) is 36.4 Å². The molecule has 0 aliphatic carbocycles. The van der Waals surface area contributed by atoms with Gasteiger partial charge >= 0.3 is 0 Å². The maximum Gasteiger partial charge on any atom is 0.243 e. The van der Waals surface area contributed by atoms with Crippen molar-refractivity contribution in [2.75, 3.05) is 73.7 Å². The van der Waals surface area contributed by atoms with Crippen LogP contribution >= 0.6 is 24.0 Å². The molecular formula is C22H38IN5O3. The Bertz CT molecular complexity index is 664. The van der Waals surface area contributed by atoms with E-state index in [0.717, 1.165) is 58.1 Å². The van der Waals surface area contributed by atoms with Gasteiger partial charge < -0.3 is 25.0 Å². The van der Waals surface area contributed by atoms with Gasteiger partial charge in [-0.05, 0) is 30.0 Å². The molecule has 1 atom stereocenters. The summed E-state index contributed by atoms with van der Waals surface area (Å²) >= 11 is 0. The normalized spacial score (nSPS) is 15.5. The van der Waals surface area contributed by atoms with Crippen molar-refractivity contribution in [2.24, 2.45) is 10.9 Å². The van der Waals surface area contributed by atoms with Crippen LogP contribution in [0.25, 0.3) is 0 Å². The lowest BCUT2D eigenvalue weighted by Crippen LogP contribution is -2.45. The number of rotatable bonds is 10. The van der Waals surface area contributed by atoms with Gasteiger partial charge in [-0.15, -0.1) is 24.0 Å². The fraction of sp³-hybridized carbons (Fsp3) is 0.636. The third kappa shape index (κ3) is 11.0. The molecule has 1 aromatic rings. The standard InChI is InChI=1S/C22H37N5O3.HI/c1-18(15-19-5-7-20(29-4)8-6-19)16-24-22(25-17-21(28)26(2)3)23-9-10-27-11-13-30-14-12-27;/h5-8,18H,9-17H2,1-4H3,(H2,23,24,25);1H. The van der Waals surface area contributed by atoms with Gasteiger partial charge in [-0.25, -0.2) is 4.99 Å². The van der Waals surface area contributed by atoms with Crippen molar-refractivity contribution in [2.45, 2.75) is 13.3 Å². The summed E-state index contributed by atoms with van der Waals surface area (Å²) in [4.78, 5) is 20.3. The molecule has 1 aromatic carbocycles. The lowest BCUT2D eigenvalue weighted by atomic mass is 10.0. The van der Waals surface area contributed by atoms with Crippen molar-refractivity contribution in [1.29, 1.82) is 0 Å². The summed E-state index contributed by atoms with van der Waals surface area (Å²) in [6.07, 6.45) is 0.953. The molecule has 2 N–H and O–H groups in total. The fourth-order valence-electron chi connectivity index (χ4n) is 3.13. The fourth-order valence-corrected chi connectivity index (χ4v) is 3.13. The monoisotopic (exact) mass is 547 g/mol. The second-order valence-corrected chi connectivity index (χ2v) is 7.87. The topological polar surface area (TPSA) is 78.4 Å². The number of guanidine groups is 1. The number of morpholine rings is 1. The van der Waals surface area contributed by atoms with Crippen LogP contribution in [-0.2, 0) is 16.0 Å². The smallest absolute Gasteiger partial charge is 0.243 e. The Balaban J connectivity index is 0.00000480. The molecule has 9 heteroatoms. The third-order valence-corrected chi connectivity index (χ3v) is 5.06. The van der Waals surface area contributed by atoms with Crippen LogP contribution in [0.2, 0.25) is 0 Å². The number of ether oxygens (including phenoxy) is 2. The lowest BCUT2D eigenvalue weighted by Gasteiger charge is -2.27. The van der Waals surface area contributed by atoms with Gasteiger partial charge in [0.1, 0.15) is 12.3 Å². The Morgan fingerprint density at radius 2 is 1.90 bits per heavy atom. The molecule has 0 spiro atoms. The zero-order chi connectivity index (χ0) is 21.8. The molecule has 8 nitrogen and oxygen atoms in total. The zero-order valence-corrected chi connectivity index (χ0v) is 21.6. The molecule has 1 aliphatic rings. The SMILES string of the molecule is COc1ccc(CC(C)CNC(=NCC(=O)N(C)C)NCCN2CCOCC2)cc1.I. The van der Waals surface area contributed by atoms with Gasteiger partial charge in [-0.3, -0.25) is 9.69 Å². The van der Waals surface area contributed by atoms with E-state index in [4.69, 9.17) is 9.47 Å². The van der Waals surface area contributed by atoms with Crippen LogP contribution in [0.1, 0.15) is 12.5 Å². The summed E-state index contributed by atoms with van der Waals surface area (Å²) in [5.74, 6) is 1.94. The number of likely N-dealkylation sites (N-methyl/N-ethyl adjacent to an activating group) is 1. The van der Waals surface area contributed by atoms with Crippen LogP contribution in [0.4, 0.5) is 0 Å². The molecule has 0 bridgehead atoms. The quantitative estimate of drug-likeness (QED) is 0.263. The number of methoxy groups -OCH3 is 1. The molecule has 2 rings (SSSR count). The Kier molecular flexibility index (Phi) is 13.5. The van der Waals surface area contributed by atoms with Crippen molar-refractivity contribution in [3.05, 3.63) is 29.8 Å². The summed E-state index contributed by atoms with van der Waals surface area (Å²) in [6.45, 7) is 8.30. The molecule has 31 heavy (non-hydrogen) atoms. The van der Waals surface area contributed by atoms with Crippen LogP contribution in [0.15, 0.2) is 29.3 Å². The molecule has 1 unspecified atom stereocenters. The number of halogens is 1. The molecule has 0 aromatic heterocycles. The van der Waals surface area contributed by atoms with E-state index in [1.165, 1.54) is 5.56 Å². The first-order valence-electron chi connectivity index (χ1n) is 10.6. The number of amides is 1. The summed E-state index contributed by atoms with van der Waals surface area (Å²) in [5.41, 5.74) is 1.27. The number of nitrogens with one attached hydrogen (secondary N) is 2. The Morgan fingerprint density at radius 1 is 1.23 bits per heavy atom. The third-order valence-electron chi connectivity index (χ3n) is 5.06. The second kappa shape index (κ2) is 15.3. The van der Waals surface area contributed by atoms with E-state index >= 15 is 0 Å². The lowest BCUT2D eigenvalue weighted by molar-refractivity contribution is -0.127. The van der Waals surface area contributed by atoms with Crippen LogP contribution in [0.3, 0.4) is 0 Å². The zero-order valence-electron chi connectivity index (χ0n) is 19.2. The predicted octanol–water partition coefficient (Wildman–Crippen LogP) is 1.45. The summed E-state index contributed by atoms with van der Waals surface area (Å²) in [5, 5.41) is 6.76. The van der Waals surface area contributed by atoms with Gasteiger partial charge in [-0.1, -0.05) is 19.1 Å². The summed E-state index contributed by atoms with van der Waals surface area (Å²) in [7, 11) is 5.16. The van der Waals surface area contributed by atoms with E-state index in [1.54, 1.807) is 26.1 Å². The molecule has 0 radical (unpaired) electrons. The van der Waals surface area contributed by atoms with Crippen molar-refractivity contribution < 1.29 is 14.3 Å². The van der Waals surface area contributed by atoms with Gasteiger partial charge in [0.25, 0.3) is 0 Å². The first-order chi connectivity index (χ1) is 14.5. The first-order valence-corrected chi connectivity index (χ1v) is 10.6. The molecule has 1 aliphatic heterocycles. The highest BCUT2D eigenvalue weighted by molar-refractivity contribution is 14.0. The number of hydrogen-bond acceptors (Lipinski definition) is 5. The number of aliphatic imine (C=N–C) groups is 1. The number of hydrogen-bond donors (Lipinski definition) is 2. The number of carbonyl (C=O) groups excluding carboxylic acids is 1. The predicted molar refractivity (Wildman–Crippen MR) is 136 cm³/mol. The highest BCUT2D eigenvalue weighted by atomic mass is 127. The van der Waals surface area contributed by atoms with Gasteiger partial charge in [0.05, 0.1) is 20.3 Å². The van der Waals surface area contributed by atoms with Gasteiger partial charge in [0.2, 0.25) is 5.91 Å². The van der Waals surface area contributed by atoms with Crippen LogP contribution in [-0.4, -0.2) is 95.4 Å². The van der Waals surface area contributed by atoms with Gasteiger partial charge in [0.15, 0.2) is 5.96 Å². The van der Waals surface area contributed by atoms with Crippen molar-refractivity contribution in [3.8, 4) is 5.75 Å². The molecular weight excluding hydrogens is 509 g/mol. The average Bonchev–Trinajstić information content (AvgIpc) is 2.76. The van der Waals surface area contributed by atoms with Crippen LogP contribution in [0.5, 0.6) is 5.75 Å². The maximum absolute atomic E-state index is 11.9. The van der Waals surface area contributed by atoms with Gasteiger partial charge in [0, 0.05) is 46.8 Å². The number of carbonyl (C=O) groups is 1. The Morgan fingerprint density at radius 3 is 2.52 bits per heavy atom. The van der Waals surface area contributed by atoms with E-state index in [2.05, 4.69) is 39.6 Å². The van der Waals surface area contributed by atoms with Crippen molar-refractivity contribution in [3.63, 3.8) is 0 Å². The van der Waals surface area contributed by atoms with Crippen LogP contribution in [0, 0.1) is 5.92 Å². The minimum absolute atomic E-state index is 0. The van der Waals surface area contributed by atoms with E-state index in [1.807, 2.05) is 12.1 Å². The minimum atomic E-state index is -0.0180. The van der Waals surface area contributed by atoms with E-state index < -0.39 is 0 Å². The summed E-state index contributed by atoms with van der Waals surface area (Å²) < 4.78 is 10.6. The highest BCUT2D eigenvalue weighted by Gasteiger charge is 2.11. The number of nitrogens with zero attached hydrogens (tertiary/aromatic N) is 3. The molecule has 1 amide bonds. The van der Waals surface area contributed by atoms with Gasteiger partial charge in [-0.2, -0.15) is 0 Å². The largest absolute Gasteiger partial charge is 0.497 e. The molecule has 1 fully saturated rings. The van der Waals surface area contributed by atoms with Crippen LogP contribution < -0.4 is 15.4 Å². The minimum Gasteiger partial charge on any atom is -0.497 e. The Labute approximate surface area is 203 Å². The maximum atomic E-state index is 11.9. The number of benzene rings is 1. The highest BCUT2D eigenvalue weighted by Crippen LogP contribution is 2.14.